The number of hydrogen-bond donors (Lipinski definition) is 3. The molecule has 2 unspecified atom stereocenters. The summed E-state index contributed by atoms with van der Waals surface area (Å²) in [5.74, 6) is -0.624. The average Bonchev–Trinajstić information content (AvgIpc) is 3.42. The van der Waals surface area contributed by atoms with E-state index < -0.39 is 97.5 Å². The molecule has 0 aliphatic heterocycles. The number of hydrogen-bond acceptors (Lipinski definition) is 15. The summed E-state index contributed by atoms with van der Waals surface area (Å²) in [5, 5.41) is 10.5. The first-order valence-electron chi connectivity index (χ1n) is 32.5. The molecule has 0 amide bonds. The third kappa shape index (κ3) is 56.9. The third-order valence-electron chi connectivity index (χ3n) is 14.2. The number of phosphoric ester groups is 2. The Morgan fingerprint density at radius 2 is 0.568 bits per heavy atom. The van der Waals surface area contributed by atoms with Gasteiger partial charge in [0.1, 0.15) is 19.3 Å². The molecule has 0 aliphatic carbocycles. The Hall–Kier alpha value is -1.94. The van der Waals surface area contributed by atoms with E-state index in [9.17, 15) is 43.2 Å². The molecule has 0 heterocycles. The molecular weight excluding hydrogens is 1080 g/mol. The molecule has 3 N–H and O–H groups in total. The number of rotatable bonds is 61. The number of carbonyl (C=O) groups is 4. The van der Waals surface area contributed by atoms with Crippen molar-refractivity contribution >= 4 is 39.5 Å². The van der Waals surface area contributed by atoms with Crippen LogP contribution in [0.1, 0.15) is 305 Å². The minimum Gasteiger partial charge on any atom is -0.462 e. The number of aliphatic hydroxyl groups excluding tert-OH is 1. The number of esters is 4. The van der Waals surface area contributed by atoms with Gasteiger partial charge in [-0.1, -0.05) is 253 Å². The van der Waals surface area contributed by atoms with Gasteiger partial charge in [0, 0.05) is 25.7 Å². The Morgan fingerprint density at radius 3 is 0.840 bits per heavy atom. The molecule has 0 spiro atoms. The molecule has 0 aliphatic rings. The molecule has 0 rings (SSSR count). The molecule has 0 radical (unpaired) electrons. The van der Waals surface area contributed by atoms with Crippen LogP contribution >= 0.6 is 15.6 Å². The van der Waals surface area contributed by atoms with Crippen molar-refractivity contribution in [1.29, 1.82) is 0 Å². The van der Waals surface area contributed by atoms with Crippen LogP contribution < -0.4 is 0 Å². The lowest BCUT2D eigenvalue weighted by atomic mass is 10.0. The molecule has 0 aromatic rings. The maximum absolute atomic E-state index is 13.0. The fourth-order valence-electron chi connectivity index (χ4n) is 9.18. The molecular formula is C62H120O17P2. The van der Waals surface area contributed by atoms with Gasteiger partial charge in [0.2, 0.25) is 0 Å². The second-order valence-corrected chi connectivity index (χ2v) is 26.3. The lowest BCUT2D eigenvalue weighted by Crippen LogP contribution is -2.30. The molecule has 5 atom stereocenters. The number of aliphatic hydroxyl groups is 1. The summed E-state index contributed by atoms with van der Waals surface area (Å²) in [6.07, 6.45) is 36.8. The van der Waals surface area contributed by atoms with Crippen LogP contribution in [0, 0.1) is 11.8 Å². The SMILES string of the molecule is CCCCCCCCCC(=O)O[C@H](COC(=O)CCCCCCC)COP(=O)(O)OC[C@H](O)COP(=O)(O)OC[C@@H](COC(=O)CCCCCCCCCCC(C)C)OC(=O)CCCCCCCCCCCCCCCCCC(C)C. The van der Waals surface area contributed by atoms with Crippen molar-refractivity contribution in [2.75, 3.05) is 39.6 Å². The minimum atomic E-state index is -4.94. The monoisotopic (exact) mass is 1200 g/mol. The van der Waals surface area contributed by atoms with Crippen LogP contribution in [0.3, 0.4) is 0 Å². The molecule has 81 heavy (non-hydrogen) atoms. The summed E-state index contributed by atoms with van der Waals surface area (Å²) in [6, 6.07) is 0. The van der Waals surface area contributed by atoms with Gasteiger partial charge in [-0.25, -0.2) is 9.13 Å². The molecule has 17 nitrogen and oxygen atoms in total. The van der Waals surface area contributed by atoms with Gasteiger partial charge in [-0.2, -0.15) is 0 Å². The summed E-state index contributed by atoms with van der Waals surface area (Å²) >= 11 is 0. The zero-order chi connectivity index (χ0) is 60.1. The highest BCUT2D eigenvalue weighted by atomic mass is 31.2. The van der Waals surface area contributed by atoms with Gasteiger partial charge in [0.05, 0.1) is 26.4 Å². The van der Waals surface area contributed by atoms with Crippen molar-refractivity contribution < 1.29 is 80.2 Å². The lowest BCUT2D eigenvalue weighted by Gasteiger charge is -2.21. The summed E-state index contributed by atoms with van der Waals surface area (Å²) in [4.78, 5) is 71.7. The van der Waals surface area contributed by atoms with Gasteiger partial charge < -0.3 is 33.8 Å². The van der Waals surface area contributed by atoms with Crippen LogP contribution in [0.15, 0.2) is 0 Å². The van der Waals surface area contributed by atoms with Crippen LogP contribution in [-0.2, 0) is 65.4 Å². The first-order valence-corrected chi connectivity index (χ1v) is 35.5. The van der Waals surface area contributed by atoms with Gasteiger partial charge in [-0.15, -0.1) is 0 Å². The second-order valence-electron chi connectivity index (χ2n) is 23.4. The fraction of sp³-hybridized carbons (Fsp3) is 0.935. The Kier molecular flexibility index (Phi) is 53.4. The van der Waals surface area contributed by atoms with Gasteiger partial charge >= 0.3 is 39.5 Å². The number of ether oxygens (including phenoxy) is 4. The van der Waals surface area contributed by atoms with E-state index in [0.717, 1.165) is 121 Å². The highest BCUT2D eigenvalue weighted by molar-refractivity contribution is 7.47. The van der Waals surface area contributed by atoms with Crippen molar-refractivity contribution in [2.45, 2.75) is 323 Å². The zero-order valence-corrected chi connectivity index (χ0v) is 53.9. The van der Waals surface area contributed by atoms with Gasteiger partial charge in [-0.05, 0) is 37.5 Å². The topological polar surface area (TPSA) is 237 Å². The van der Waals surface area contributed by atoms with Gasteiger partial charge in [-0.3, -0.25) is 37.3 Å². The van der Waals surface area contributed by atoms with E-state index in [0.29, 0.717) is 25.7 Å². The Bertz CT molecular complexity index is 1600. The summed E-state index contributed by atoms with van der Waals surface area (Å²) in [6.45, 7) is 9.34. The van der Waals surface area contributed by atoms with E-state index >= 15 is 0 Å². The summed E-state index contributed by atoms with van der Waals surface area (Å²) in [5.41, 5.74) is 0. The van der Waals surface area contributed by atoms with Crippen LogP contribution in [0.5, 0.6) is 0 Å². The predicted molar refractivity (Wildman–Crippen MR) is 321 cm³/mol. The predicted octanol–water partition coefficient (Wildman–Crippen LogP) is 16.9. The largest absolute Gasteiger partial charge is 0.472 e. The van der Waals surface area contributed by atoms with E-state index in [1.165, 1.54) is 103 Å². The van der Waals surface area contributed by atoms with Crippen molar-refractivity contribution in [3.8, 4) is 0 Å². The minimum absolute atomic E-state index is 0.103. The van der Waals surface area contributed by atoms with Crippen LogP contribution in [0.2, 0.25) is 0 Å². The van der Waals surface area contributed by atoms with Crippen molar-refractivity contribution in [1.82, 2.24) is 0 Å². The van der Waals surface area contributed by atoms with Crippen molar-refractivity contribution in [3.05, 3.63) is 0 Å². The number of phosphoric acid groups is 2. The smallest absolute Gasteiger partial charge is 0.462 e. The highest BCUT2D eigenvalue weighted by Crippen LogP contribution is 2.45. The molecule has 0 fully saturated rings. The fourth-order valence-corrected chi connectivity index (χ4v) is 10.8. The van der Waals surface area contributed by atoms with E-state index in [1.807, 2.05) is 0 Å². The standard InChI is InChI=1S/C62H120O17P2/c1-7-9-11-13-25-34-40-46-61(66)78-57(50-72-59(64)44-38-30-12-10-8-2)52-76-80(68,69)74-48-56(63)49-75-81(70,71)77-53-58(51-73-60(65)45-39-33-28-24-23-27-32-37-43-55(5)6)79-62(67)47-41-35-29-22-20-18-16-14-15-17-19-21-26-31-36-42-54(3)4/h54-58,63H,7-53H2,1-6H3,(H,68,69)(H,70,71)/t56-,57+,58+/m0/s1. The highest BCUT2D eigenvalue weighted by Gasteiger charge is 2.30. The van der Waals surface area contributed by atoms with Crippen LogP contribution in [0.25, 0.3) is 0 Å². The van der Waals surface area contributed by atoms with E-state index in [4.69, 9.17) is 37.0 Å². The number of carbonyl (C=O) groups excluding carboxylic acids is 4. The van der Waals surface area contributed by atoms with Gasteiger partial charge in [0.25, 0.3) is 0 Å². The molecule has 0 saturated carbocycles. The normalized spacial score (nSPS) is 14.4. The Labute approximate surface area is 492 Å². The average molecular weight is 1200 g/mol. The maximum Gasteiger partial charge on any atom is 0.472 e. The molecule has 0 bridgehead atoms. The van der Waals surface area contributed by atoms with E-state index in [-0.39, 0.29) is 25.7 Å². The molecule has 480 valence electrons. The van der Waals surface area contributed by atoms with Crippen LogP contribution in [-0.4, -0.2) is 96.7 Å². The van der Waals surface area contributed by atoms with Crippen molar-refractivity contribution in [3.63, 3.8) is 0 Å². The molecule has 19 heteroatoms. The van der Waals surface area contributed by atoms with E-state index in [1.54, 1.807) is 0 Å². The molecule has 0 aromatic heterocycles. The zero-order valence-electron chi connectivity index (χ0n) is 52.1. The van der Waals surface area contributed by atoms with Gasteiger partial charge in [0.15, 0.2) is 12.2 Å². The number of unbranched alkanes of at least 4 members (excludes halogenated alkanes) is 31. The van der Waals surface area contributed by atoms with Crippen LogP contribution in [0.4, 0.5) is 0 Å². The Balaban J connectivity index is 5.12. The summed E-state index contributed by atoms with van der Waals surface area (Å²) < 4.78 is 67.6. The lowest BCUT2D eigenvalue weighted by molar-refractivity contribution is -0.161. The molecule has 0 aromatic carbocycles. The quantitative estimate of drug-likeness (QED) is 0.0222. The Morgan fingerprint density at radius 1 is 0.333 bits per heavy atom. The first-order chi connectivity index (χ1) is 38.9. The maximum atomic E-state index is 13.0. The van der Waals surface area contributed by atoms with E-state index in [2.05, 4.69) is 41.5 Å². The summed E-state index contributed by atoms with van der Waals surface area (Å²) in [7, 11) is -9.87. The third-order valence-corrected chi connectivity index (χ3v) is 16.1. The molecule has 0 saturated heterocycles. The first kappa shape index (κ1) is 79.1. The second kappa shape index (κ2) is 54.7. The van der Waals surface area contributed by atoms with Crippen molar-refractivity contribution in [2.24, 2.45) is 11.8 Å².